The van der Waals surface area contributed by atoms with Crippen LogP contribution in [0.2, 0.25) is 5.02 Å². The Kier molecular flexibility index (Phi) is 8.04. The van der Waals surface area contributed by atoms with E-state index in [-0.39, 0.29) is 12.4 Å². The van der Waals surface area contributed by atoms with Gasteiger partial charge in [-0.25, -0.2) is 0 Å². The predicted molar refractivity (Wildman–Crippen MR) is 127 cm³/mol. The van der Waals surface area contributed by atoms with E-state index in [1.54, 1.807) is 25.3 Å². The molecule has 1 aromatic heterocycles. The summed E-state index contributed by atoms with van der Waals surface area (Å²) in [5.74, 6) is 0.220. The number of hydrogen-bond acceptors (Lipinski definition) is 4. The number of alkyl halides is 3. The predicted octanol–water partition coefficient (Wildman–Crippen LogP) is 7.85. The van der Waals surface area contributed by atoms with Crippen LogP contribution in [0.4, 0.5) is 18.9 Å². The first-order valence-corrected chi connectivity index (χ1v) is 13.1. The fraction of sp³-hybridized carbons (Fsp3) is 0.318. The maximum Gasteiger partial charge on any atom is 0.416 e. The molecule has 0 radical (unpaired) electrons. The smallest absolute Gasteiger partial charge is 0.416 e. The molecule has 3 aromatic rings. The molecule has 0 aliphatic rings. The Morgan fingerprint density at radius 2 is 1.81 bits per heavy atom. The van der Waals surface area contributed by atoms with E-state index in [1.165, 1.54) is 12.1 Å². The molecule has 0 fully saturated rings. The van der Waals surface area contributed by atoms with Gasteiger partial charge in [0.2, 0.25) is 0 Å². The van der Waals surface area contributed by atoms with Crippen molar-refractivity contribution >= 4 is 46.6 Å². The zero-order valence-corrected chi connectivity index (χ0v) is 20.1. The van der Waals surface area contributed by atoms with Crippen molar-refractivity contribution in [2.75, 3.05) is 17.8 Å². The Bertz CT molecular complexity index is 1110. The lowest BCUT2D eigenvalue weighted by Gasteiger charge is -2.35. The largest absolute Gasteiger partial charge is 0.429 e. The van der Waals surface area contributed by atoms with Gasteiger partial charge < -0.3 is 9.05 Å². The molecule has 0 saturated heterocycles. The molecule has 0 bridgehead atoms. The van der Waals surface area contributed by atoms with Crippen LogP contribution in [-0.4, -0.2) is 18.1 Å². The second-order valence-corrected chi connectivity index (χ2v) is 10.6. The van der Waals surface area contributed by atoms with Crippen molar-refractivity contribution in [3.8, 4) is 5.75 Å². The average Bonchev–Trinajstić information content (AvgIpc) is 2.73. The summed E-state index contributed by atoms with van der Waals surface area (Å²) < 4.78 is 52.8. The minimum Gasteiger partial charge on any atom is -0.429 e. The van der Waals surface area contributed by atoms with E-state index >= 15 is 0 Å². The summed E-state index contributed by atoms with van der Waals surface area (Å²) in [6.45, 7) is 1.55. The molecule has 1 heterocycles. The zero-order chi connectivity index (χ0) is 23.4. The summed E-state index contributed by atoms with van der Waals surface area (Å²) in [6, 6.07) is 11.7. The van der Waals surface area contributed by atoms with Gasteiger partial charge in [0.05, 0.1) is 23.4 Å². The van der Waals surface area contributed by atoms with Gasteiger partial charge >= 0.3 is 12.8 Å². The summed E-state index contributed by atoms with van der Waals surface area (Å²) in [5, 5.41) is 1.39. The van der Waals surface area contributed by atoms with E-state index < -0.39 is 18.4 Å². The lowest BCUT2D eigenvalue weighted by molar-refractivity contribution is -0.137. The third-order valence-corrected chi connectivity index (χ3v) is 8.07. The summed E-state index contributed by atoms with van der Waals surface area (Å²) in [6.07, 6.45) is -1.04. The van der Waals surface area contributed by atoms with Gasteiger partial charge in [0.1, 0.15) is 5.75 Å². The van der Waals surface area contributed by atoms with Crippen LogP contribution < -0.4 is 9.19 Å². The molecule has 0 amide bonds. The summed E-state index contributed by atoms with van der Waals surface area (Å²) in [5.41, 5.74) is 0.724. The van der Waals surface area contributed by atoms with E-state index in [2.05, 4.69) is 11.9 Å². The van der Waals surface area contributed by atoms with Crippen LogP contribution in [0, 0.1) is 0 Å². The molecule has 0 aliphatic carbocycles. The Morgan fingerprint density at radius 3 is 2.44 bits per heavy atom. The van der Waals surface area contributed by atoms with Gasteiger partial charge in [-0.1, -0.05) is 24.9 Å². The number of aromatic nitrogens is 1. The number of benzene rings is 2. The monoisotopic (exact) mass is 502 g/mol. The molecular formula is C22H23ClF3N2O2PS. The molecule has 172 valence electrons. The van der Waals surface area contributed by atoms with Crippen molar-refractivity contribution in [2.45, 2.75) is 32.9 Å². The molecule has 32 heavy (non-hydrogen) atoms. The highest BCUT2D eigenvalue weighted by molar-refractivity contribution is 8.10. The van der Waals surface area contributed by atoms with Crippen LogP contribution in [0.3, 0.4) is 0 Å². The van der Waals surface area contributed by atoms with Gasteiger partial charge in [-0.2, -0.15) is 13.2 Å². The molecule has 3 rings (SSSR count). The Labute approximate surface area is 195 Å². The Hall–Kier alpha value is -1.86. The van der Waals surface area contributed by atoms with Crippen molar-refractivity contribution in [3.63, 3.8) is 0 Å². The molecule has 1 unspecified atom stereocenters. The normalized spacial score (nSPS) is 13.7. The minimum absolute atomic E-state index is 0.220. The average molecular weight is 503 g/mol. The molecule has 0 spiro atoms. The molecule has 0 aliphatic heterocycles. The standard InChI is InChI=1S/C22H23ClF3N2O2PS/c1-3-5-14-28(21-12-13-27-20-15-17(23)8-11-19(20)21)31(32,29-4-2)30-18-9-6-16(7-10-18)22(24,25)26/h6-13,15H,3-5,14H2,1-2H3. The van der Waals surface area contributed by atoms with E-state index in [1.807, 2.05) is 16.8 Å². The first-order chi connectivity index (χ1) is 15.2. The van der Waals surface area contributed by atoms with E-state index in [9.17, 15) is 13.2 Å². The van der Waals surface area contributed by atoms with Gasteiger partial charge in [-0.3, -0.25) is 9.65 Å². The first kappa shape index (κ1) is 24.8. The molecule has 0 N–H and O–H groups in total. The van der Waals surface area contributed by atoms with Gasteiger partial charge in [0.25, 0.3) is 0 Å². The topological polar surface area (TPSA) is 34.6 Å². The maximum atomic E-state index is 12.9. The fourth-order valence-electron chi connectivity index (χ4n) is 3.16. The highest BCUT2D eigenvalue weighted by Crippen LogP contribution is 2.55. The summed E-state index contributed by atoms with van der Waals surface area (Å²) >= 11 is 12.0. The van der Waals surface area contributed by atoms with Crippen molar-refractivity contribution in [2.24, 2.45) is 0 Å². The highest BCUT2D eigenvalue weighted by atomic mass is 35.5. The minimum atomic E-state index is -4.43. The number of pyridine rings is 1. The summed E-state index contributed by atoms with van der Waals surface area (Å²) in [4.78, 5) is 4.39. The number of rotatable bonds is 9. The highest BCUT2D eigenvalue weighted by Gasteiger charge is 2.33. The van der Waals surface area contributed by atoms with Crippen molar-refractivity contribution in [3.05, 3.63) is 65.3 Å². The quantitative estimate of drug-likeness (QED) is 0.278. The molecule has 0 saturated carbocycles. The number of halogens is 4. The Balaban J connectivity index is 2.05. The van der Waals surface area contributed by atoms with Gasteiger partial charge in [-0.15, -0.1) is 0 Å². The molecular weight excluding hydrogens is 480 g/mol. The summed E-state index contributed by atoms with van der Waals surface area (Å²) in [7, 11) is 0. The molecule has 2 aromatic carbocycles. The lowest BCUT2D eigenvalue weighted by Crippen LogP contribution is -2.25. The number of fused-ring (bicyclic) bond motifs is 1. The number of hydrogen-bond donors (Lipinski definition) is 0. The fourth-order valence-corrected chi connectivity index (χ4v) is 6.24. The van der Waals surface area contributed by atoms with Crippen LogP contribution in [-0.2, 0) is 22.5 Å². The maximum absolute atomic E-state index is 12.9. The van der Waals surface area contributed by atoms with Crippen LogP contribution in [0.15, 0.2) is 54.7 Å². The third-order valence-electron chi connectivity index (χ3n) is 4.67. The van der Waals surface area contributed by atoms with Gasteiger partial charge in [0.15, 0.2) is 0 Å². The van der Waals surface area contributed by atoms with Crippen molar-refractivity contribution in [1.29, 1.82) is 0 Å². The zero-order valence-electron chi connectivity index (χ0n) is 17.6. The Morgan fingerprint density at radius 1 is 1.09 bits per heavy atom. The second-order valence-electron chi connectivity index (χ2n) is 6.97. The molecule has 4 nitrogen and oxygen atoms in total. The SMILES string of the molecule is CCCCN(c1ccnc2cc(Cl)ccc12)P(=S)(OCC)Oc1ccc(C(F)(F)F)cc1. The van der Waals surface area contributed by atoms with Crippen molar-refractivity contribution < 1.29 is 22.2 Å². The van der Waals surface area contributed by atoms with Crippen LogP contribution in [0.1, 0.15) is 32.3 Å². The molecule has 1 atom stereocenters. The van der Waals surface area contributed by atoms with E-state index in [0.717, 1.165) is 36.0 Å². The third kappa shape index (κ3) is 5.73. The van der Waals surface area contributed by atoms with Crippen LogP contribution in [0.25, 0.3) is 10.9 Å². The van der Waals surface area contributed by atoms with E-state index in [4.69, 9.17) is 32.5 Å². The van der Waals surface area contributed by atoms with Gasteiger partial charge in [0, 0.05) is 23.2 Å². The number of nitrogens with zero attached hydrogens (tertiary/aromatic N) is 2. The van der Waals surface area contributed by atoms with Crippen LogP contribution in [0.5, 0.6) is 5.75 Å². The van der Waals surface area contributed by atoms with Gasteiger partial charge in [-0.05, 0) is 73.7 Å². The van der Waals surface area contributed by atoms with Crippen molar-refractivity contribution in [1.82, 2.24) is 4.98 Å². The van der Waals surface area contributed by atoms with E-state index in [0.29, 0.717) is 17.1 Å². The van der Waals surface area contributed by atoms with Crippen LogP contribution >= 0.6 is 18.2 Å². The second kappa shape index (κ2) is 10.4. The number of unbranched alkanes of at least 4 members (excludes halogenated alkanes) is 1. The first-order valence-electron chi connectivity index (χ1n) is 10.1. The lowest BCUT2D eigenvalue weighted by atomic mass is 10.2. The molecule has 10 heteroatoms. The number of anilines is 1.